The van der Waals surface area contributed by atoms with Crippen LogP contribution in [0.5, 0.6) is 0 Å². The van der Waals surface area contributed by atoms with Gasteiger partial charge < -0.3 is 5.32 Å². The SMILES string of the molecule is CCC(C)(C#N)C(=O)NC(C)c1ccccc1F. The Bertz CT molecular complexity index is 481. The molecule has 4 heteroatoms. The van der Waals surface area contributed by atoms with Crippen molar-refractivity contribution in [2.45, 2.75) is 33.2 Å². The lowest BCUT2D eigenvalue weighted by molar-refractivity contribution is -0.128. The van der Waals surface area contributed by atoms with Crippen LogP contribution in [0.3, 0.4) is 0 Å². The Kier molecular flexibility index (Phi) is 4.43. The third-order valence-electron chi connectivity index (χ3n) is 3.17. The summed E-state index contributed by atoms with van der Waals surface area (Å²) in [6, 6.07) is 7.81. The Morgan fingerprint density at radius 3 is 2.67 bits per heavy atom. The van der Waals surface area contributed by atoms with Crippen LogP contribution in [0.1, 0.15) is 38.8 Å². The standard InChI is InChI=1S/C14H17FN2O/c1-4-14(3,9-16)13(18)17-10(2)11-7-5-6-8-12(11)15/h5-8,10H,4H2,1-3H3,(H,17,18). The van der Waals surface area contributed by atoms with Crippen molar-refractivity contribution in [3.8, 4) is 6.07 Å². The molecule has 2 unspecified atom stereocenters. The number of hydrogen-bond acceptors (Lipinski definition) is 2. The highest BCUT2D eigenvalue weighted by Crippen LogP contribution is 2.23. The summed E-state index contributed by atoms with van der Waals surface area (Å²) in [6.45, 7) is 5.05. The summed E-state index contributed by atoms with van der Waals surface area (Å²) in [5, 5.41) is 11.7. The summed E-state index contributed by atoms with van der Waals surface area (Å²) in [7, 11) is 0. The molecule has 1 aromatic carbocycles. The van der Waals surface area contributed by atoms with Gasteiger partial charge in [0.15, 0.2) is 0 Å². The summed E-state index contributed by atoms with van der Waals surface area (Å²) < 4.78 is 13.5. The van der Waals surface area contributed by atoms with Crippen molar-refractivity contribution in [1.29, 1.82) is 5.26 Å². The van der Waals surface area contributed by atoms with Crippen molar-refractivity contribution in [1.82, 2.24) is 5.32 Å². The number of benzene rings is 1. The largest absolute Gasteiger partial charge is 0.348 e. The van der Waals surface area contributed by atoms with Crippen molar-refractivity contribution >= 4 is 5.91 Å². The van der Waals surface area contributed by atoms with Crippen molar-refractivity contribution < 1.29 is 9.18 Å². The minimum Gasteiger partial charge on any atom is -0.348 e. The molecule has 0 heterocycles. The fourth-order valence-electron chi connectivity index (χ4n) is 1.55. The molecule has 1 aromatic rings. The van der Waals surface area contributed by atoms with E-state index < -0.39 is 11.5 Å². The summed E-state index contributed by atoms with van der Waals surface area (Å²) in [5.41, 5.74) is -0.651. The molecule has 0 spiro atoms. The number of carbonyl (C=O) groups is 1. The zero-order valence-electron chi connectivity index (χ0n) is 10.8. The first kappa shape index (κ1) is 14.2. The second-order valence-corrected chi connectivity index (χ2v) is 4.51. The minimum absolute atomic E-state index is 0.361. The number of nitriles is 1. The number of halogens is 1. The highest BCUT2D eigenvalue weighted by Gasteiger charge is 2.32. The lowest BCUT2D eigenvalue weighted by atomic mass is 9.88. The highest BCUT2D eigenvalue weighted by atomic mass is 19.1. The zero-order chi connectivity index (χ0) is 13.8. The van der Waals surface area contributed by atoms with E-state index in [-0.39, 0.29) is 11.7 Å². The fraction of sp³-hybridized carbons (Fsp3) is 0.429. The van der Waals surface area contributed by atoms with Gasteiger partial charge in [-0.2, -0.15) is 5.26 Å². The van der Waals surface area contributed by atoms with Crippen LogP contribution in [0.25, 0.3) is 0 Å². The second-order valence-electron chi connectivity index (χ2n) is 4.51. The first-order chi connectivity index (χ1) is 8.44. The molecule has 0 aromatic heterocycles. The molecule has 0 radical (unpaired) electrons. The van der Waals surface area contributed by atoms with E-state index in [1.54, 1.807) is 39.0 Å². The van der Waals surface area contributed by atoms with Crippen LogP contribution in [0, 0.1) is 22.6 Å². The van der Waals surface area contributed by atoms with Crippen LogP contribution in [0.2, 0.25) is 0 Å². The Morgan fingerprint density at radius 2 is 2.17 bits per heavy atom. The molecule has 1 N–H and O–H groups in total. The van der Waals surface area contributed by atoms with Crippen LogP contribution < -0.4 is 5.32 Å². The number of hydrogen-bond donors (Lipinski definition) is 1. The van der Waals surface area contributed by atoms with E-state index >= 15 is 0 Å². The number of carbonyl (C=O) groups excluding carboxylic acids is 1. The van der Waals surface area contributed by atoms with E-state index in [1.165, 1.54) is 6.07 Å². The molecule has 96 valence electrons. The van der Waals surface area contributed by atoms with Gasteiger partial charge in [0, 0.05) is 5.56 Å². The van der Waals surface area contributed by atoms with Gasteiger partial charge in [0.05, 0.1) is 12.1 Å². The Labute approximate surface area is 107 Å². The monoisotopic (exact) mass is 248 g/mol. The molecule has 0 aliphatic heterocycles. The van der Waals surface area contributed by atoms with Gasteiger partial charge in [0.2, 0.25) is 5.91 Å². The average Bonchev–Trinajstić information content (AvgIpc) is 2.38. The van der Waals surface area contributed by atoms with Crippen molar-refractivity contribution in [3.63, 3.8) is 0 Å². The predicted octanol–water partition coefficient (Wildman–Crippen LogP) is 2.94. The normalized spacial score (nSPS) is 15.3. The fourth-order valence-corrected chi connectivity index (χ4v) is 1.55. The van der Waals surface area contributed by atoms with Gasteiger partial charge in [-0.1, -0.05) is 25.1 Å². The highest BCUT2D eigenvalue weighted by molar-refractivity contribution is 5.85. The molecule has 1 amide bonds. The van der Waals surface area contributed by atoms with E-state index in [4.69, 9.17) is 5.26 Å². The zero-order valence-corrected chi connectivity index (χ0v) is 10.8. The third-order valence-corrected chi connectivity index (χ3v) is 3.17. The summed E-state index contributed by atoms with van der Waals surface area (Å²) in [6.07, 6.45) is 0.416. The summed E-state index contributed by atoms with van der Waals surface area (Å²) in [4.78, 5) is 12.0. The van der Waals surface area contributed by atoms with Gasteiger partial charge in [-0.25, -0.2) is 4.39 Å². The molecule has 2 atom stereocenters. The smallest absolute Gasteiger partial charge is 0.240 e. The first-order valence-corrected chi connectivity index (χ1v) is 5.91. The molecule has 0 aliphatic rings. The molecule has 0 fully saturated rings. The van der Waals surface area contributed by atoms with E-state index in [0.29, 0.717) is 12.0 Å². The molecular weight excluding hydrogens is 231 g/mol. The maximum absolute atomic E-state index is 13.5. The van der Waals surface area contributed by atoms with Crippen LogP contribution in [0.4, 0.5) is 4.39 Å². The maximum atomic E-state index is 13.5. The number of nitrogens with one attached hydrogen (secondary N) is 1. The van der Waals surface area contributed by atoms with E-state index in [1.807, 2.05) is 6.07 Å². The van der Waals surface area contributed by atoms with E-state index in [0.717, 1.165) is 0 Å². The lowest BCUT2D eigenvalue weighted by Crippen LogP contribution is -2.39. The van der Waals surface area contributed by atoms with Crippen LogP contribution in [-0.4, -0.2) is 5.91 Å². The predicted molar refractivity (Wildman–Crippen MR) is 67.0 cm³/mol. The van der Waals surface area contributed by atoms with Crippen LogP contribution in [-0.2, 0) is 4.79 Å². The molecule has 0 saturated carbocycles. The molecule has 0 saturated heterocycles. The Balaban J connectivity index is 2.84. The third kappa shape index (κ3) is 2.86. The van der Waals surface area contributed by atoms with E-state index in [2.05, 4.69) is 5.32 Å². The van der Waals surface area contributed by atoms with Gasteiger partial charge in [0.25, 0.3) is 0 Å². The van der Waals surface area contributed by atoms with Gasteiger partial charge in [0.1, 0.15) is 11.2 Å². The Morgan fingerprint density at radius 1 is 1.56 bits per heavy atom. The topological polar surface area (TPSA) is 52.9 Å². The minimum atomic E-state index is -1.07. The maximum Gasteiger partial charge on any atom is 0.240 e. The lowest BCUT2D eigenvalue weighted by Gasteiger charge is -2.22. The second kappa shape index (κ2) is 5.63. The number of rotatable bonds is 4. The summed E-state index contributed by atoms with van der Waals surface area (Å²) in [5.74, 6) is -0.733. The molecular formula is C14H17FN2O. The Hall–Kier alpha value is -1.89. The molecule has 3 nitrogen and oxygen atoms in total. The van der Waals surface area contributed by atoms with Crippen LogP contribution >= 0.6 is 0 Å². The quantitative estimate of drug-likeness (QED) is 0.890. The molecule has 0 aliphatic carbocycles. The van der Waals surface area contributed by atoms with Crippen molar-refractivity contribution in [2.75, 3.05) is 0 Å². The molecule has 18 heavy (non-hydrogen) atoms. The molecule has 0 bridgehead atoms. The number of amides is 1. The van der Waals surface area contributed by atoms with Gasteiger partial charge in [-0.3, -0.25) is 4.79 Å². The van der Waals surface area contributed by atoms with Crippen molar-refractivity contribution in [3.05, 3.63) is 35.6 Å². The van der Waals surface area contributed by atoms with E-state index in [9.17, 15) is 9.18 Å². The molecule has 1 rings (SSSR count). The van der Waals surface area contributed by atoms with Gasteiger partial charge in [-0.15, -0.1) is 0 Å². The average molecular weight is 248 g/mol. The number of nitrogens with zero attached hydrogens (tertiary/aromatic N) is 1. The van der Waals surface area contributed by atoms with Crippen LogP contribution in [0.15, 0.2) is 24.3 Å². The van der Waals surface area contributed by atoms with Gasteiger partial charge in [-0.05, 0) is 26.3 Å². The van der Waals surface area contributed by atoms with Gasteiger partial charge >= 0.3 is 0 Å². The van der Waals surface area contributed by atoms with Crippen molar-refractivity contribution in [2.24, 2.45) is 5.41 Å². The summed E-state index contributed by atoms with van der Waals surface area (Å²) >= 11 is 0. The first-order valence-electron chi connectivity index (χ1n) is 5.91.